The van der Waals surface area contributed by atoms with E-state index >= 15 is 0 Å². The van der Waals surface area contributed by atoms with Gasteiger partial charge in [0.25, 0.3) is 0 Å². The predicted octanol–water partition coefficient (Wildman–Crippen LogP) is 5.95. The topological polar surface area (TPSA) is 101 Å². The van der Waals surface area contributed by atoms with Crippen molar-refractivity contribution in [1.29, 1.82) is 0 Å². The molecule has 1 aromatic carbocycles. The molecule has 2 heterocycles. The van der Waals surface area contributed by atoms with Crippen LogP contribution in [0, 0.1) is 17.8 Å². The van der Waals surface area contributed by atoms with Crippen LogP contribution in [0.1, 0.15) is 29.2 Å². The second kappa shape index (κ2) is 9.94. The first kappa shape index (κ1) is 26.9. The van der Waals surface area contributed by atoms with E-state index < -0.39 is 23.7 Å². The molecule has 39 heavy (non-hydrogen) atoms. The lowest BCUT2D eigenvalue weighted by atomic mass is 9.59. The van der Waals surface area contributed by atoms with Gasteiger partial charge in [-0.05, 0) is 89.6 Å². The number of likely N-dealkylation sites (tertiary alicyclic amines) is 1. The number of imide groups is 1. The van der Waals surface area contributed by atoms with Crippen LogP contribution in [-0.4, -0.2) is 40.5 Å². The third-order valence-corrected chi connectivity index (χ3v) is 11.6. The van der Waals surface area contributed by atoms with Crippen LogP contribution in [0.5, 0.6) is 11.5 Å². The Kier molecular flexibility index (Phi) is 6.84. The van der Waals surface area contributed by atoms with Gasteiger partial charge in [0.15, 0.2) is 23.1 Å². The molecule has 7 nitrogen and oxygen atoms in total. The Hall–Kier alpha value is -2.34. The van der Waals surface area contributed by atoms with E-state index in [1.165, 1.54) is 29.4 Å². The number of hydrogen-bond acceptors (Lipinski definition) is 7. The van der Waals surface area contributed by atoms with Crippen LogP contribution in [-0.2, 0) is 25.7 Å². The van der Waals surface area contributed by atoms with Gasteiger partial charge >= 0.3 is 0 Å². The molecule has 2 aromatic rings. The average molecular weight is 738 g/mol. The maximum atomic E-state index is 13.8. The first-order valence-electron chi connectivity index (χ1n) is 12.2. The third-order valence-electron chi connectivity index (χ3n) is 8.02. The number of carbonyl (C=O) groups is 4. The zero-order valence-electron chi connectivity index (χ0n) is 20.4. The molecule has 0 saturated carbocycles. The number of amides is 2. The molecule has 200 valence electrons. The van der Waals surface area contributed by atoms with Gasteiger partial charge in [-0.15, -0.1) is 11.3 Å². The molecular formula is C28H20Br3NO6S. The third kappa shape index (κ3) is 4.07. The van der Waals surface area contributed by atoms with Gasteiger partial charge in [-0.25, -0.2) is 0 Å². The van der Waals surface area contributed by atoms with Gasteiger partial charge < -0.3 is 9.84 Å². The number of Topliss-reactive ketones (excluding diaryl/α,β-unsaturated/α-hetero) is 1. The number of allylic oxidation sites excluding steroid dienone is 6. The number of ketones is 2. The van der Waals surface area contributed by atoms with Crippen LogP contribution < -0.4 is 4.74 Å². The van der Waals surface area contributed by atoms with E-state index in [1.54, 1.807) is 6.07 Å². The molecule has 1 N–H and O–H groups in total. The van der Waals surface area contributed by atoms with Crippen molar-refractivity contribution in [3.63, 3.8) is 0 Å². The first-order valence-corrected chi connectivity index (χ1v) is 15.4. The van der Waals surface area contributed by atoms with Gasteiger partial charge in [0.2, 0.25) is 11.8 Å². The molecular weight excluding hydrogens is 718 g/mol. The fourth-order valence-electron chi connectivity index (χ4n) is 6.32. The quantitative estimate of drug-likeness (QED) is 0.237. The van der Waals surface area contributed by atoms with Crippen LogP contribution in [0.2, 0.25) is 0 Å². The van der Waals surface area contributed by atoms with Crippen molar-refractivity contribution < 1.29 is 29.0 Å². The summed E-state index contributed by atoms with van der Waals surface area (Å²) in [6, 6.07) is 5.43. The Labute approximate surface area is 253 Å². The van der Waals surface area contributed by atoms with Gasteiger partial charge in [-0.1, -0.05) is 17.7 Å². The summed E-state index contributed by atoms with van der Waals surface area (Å²) >= 11 is 11.7. The number of methoxy groups -OCH3 is 1. The van der Waals surface area contributed by atoms with Gasteiger partial charge in [0, 0.05) is 32.5 Å². The van der Waals surface area contributed by atoms with E-state index in [9.17, 15) is 24.3 Å². The van der Waals surface area contributed by atoms with Crippen molar-refractivity contribution in [2.75, 3.05) is 7.11 Å². The summed E-state index contributed by atoms with van der Waals surface area (Å²) in [5.74, 6) is -3.25. The Bertz CT molecular complexity index is 1570. The number of aromatic hydroxyl groups is 1. The molecule has 11 heteroatoms. The smallest absolute Gasteiger partial charge is 0.234 e. The lowest BCUT2D eigenvalue weighted by Gasteiger charge is -2.42. The van der Waals surface area contributed by atoms with Crippen molar-refractivity contribution in [3.8, 4) is 11.5 Å². The highest BCUT2D eigenvalue weighted by atomic mass is 79.9. The van der Waals surface area contributed by atoms with Crippen LogP contribution >= 0.6 is 59.1 Å². The van der Waals surface area contributed by atoms with Crippen molar-refractivity contribution >= 4 is 82.5 Å². The van der Waals surface area contributed by atoms with Crippen LogP contribution in [0.4, 0.5) is 0 Å². The fourth-order valence-corrected chi connectivity index (χ4v) is 8.41. The molecule has 1 fully saturated rings. The number of phenolic OH excluding ortho intramolecular Hbond substituents is 1. The Morgan fingerprint density at radius 2 is 1.87 bits per heavy atom. The second-order valence-electron chi connectivity index (χ2n) is 9.88. The van der Waals surface area contributed by atoms with E-state index in [-0.39, 0.29) is 52.3 Å². The SMILES string of the molecule is COc1cc(C2C3=CCC4C(=O)N(Cc5cccs5)C(=O)C4C3CC3=C2C(=O)C=C(Br)C3=O)c(Br)c(Br)c1O. The molecule has 0 spiro atoms. The minimum Gasteiger partial charge on any atom is -0.503 e. The van der Waals surface area contributed by atoms with Gasteiger partial charge in [0.1, 0.15) is 0 Å². The molecule has 0 bridgehead atoms. The van der Waals surface area contributed by atoms with E-state index in [4.69, 9.17) is 4.74 Å². The lowest BCUT2D eigenvalue weighted by Crippen LogP contribution is -2.39. The molecule has 1 aliphatic heterocycles. The summed E-state index contributed by atoms with van der Waals surface area (Å²) in [6.45, 7) is 0.223. The fraction of sp³-hybridized carbons (Fsp3) is 0.286. The number of carbonyl (C=O) groups excluding carboxylic acids is 4. The normalized spacial score (nSPS) is 26.3. The number of benzene rings is 1. The monoisotopic (exact) mass is 735 g/mol. The summed E-state index contributed by atoms with van der Waals surface area (Å²) in [5.41, 5.74) is 2.12. The highest BCUT2D eigenvalue weighted by Crippen LogP contribution is 2.57. The summed E-state index contributed by atoms with van der Waals surface area (Å²) in [7, 11) is 1.43. The summed E-state index contributed by atoms with van der Waals surface area (Å²) in [6.07, 6.45) is 3.79. The molecule has 4 aliphatic rings. The van der Waals surface area contributed by atoms with Gasteiger partial charge in [-0.3, -0.25) is 24.1 Å². The van der Waals surface area contributed by atoms with Crippen LogP contribution in [0.15, 0.2) is 65.9 Å². The zero-order valence-corrected chi connectivity index (χ0v) is 25.9. The van der Waals surface area contributed by atoms with Crippen molar-refractivity contribution in [2.45, 2.75) is 25.3 Å². The van der Waals surface area contributed by atoms with Gasteiger partial charge in [0.05, 0.1) is 34.4 Å². The Balaban J connectivity index is 1.51. The number of ether oxygens (including phenoxy) is 1. The summed E-state index contributed by atoms with van der Waals surface area (Å²) < 4.78 is 6.42. The zero-order chi connectivity index (χ0) is 27.7. The van der Waals surface area contributed by atoms with Crippen molar-refractivity contribution in [3.05, 3.63) is 76.3 Å². The van der Waals surface area contributed by atoms with E-state index in [0.717, 1.165) is 10.5 Å². The highest BCUT2D eigenvalue weighted by Gasteiger charge is 2.56. The maximum absolute atomic E-state index is 13.8. The van der Waals surface area contributed by atoms with E-state index in [2.05, 4.69) is 47.8 Å². The Morgan fingerprint density at radius 1 is 1.10 bits per heavy atom. The average Bonchev–Trinajstić information content (AvgIpc) is 3.52. The first-order chi connectivity index (χ1) is 18.6. The molecule has 4 unspecified atom stereocenters. The molecule has 6 rings (SSSR count). The van der Waals surface area contributed by atoms with Gasteiger partial charge in [-0.2, -0.15) is 0 Å². The van der Waals surface area contributed by atoms with Crippen LogP contribution in [0.3, 0.4) is 0 Å². The summed E-state index contributed by atoms with van der Waals surface area (Å²) in [4.78, 5) is 56.4. The number of thiophene rings is 1. The number of nitrogens with zero attached hydrogens (tertiary/aromatic N) is 1. The number of rotatable bonds is 4. The number of hydrogen-bond donors (Lipinski definition) is 1. The minimum atomic E-state index is -0.678. The van der Waals surface area contributed by atoms with Crippen molar-refractivity contribution in [2.24, 2.45) is 17.8 Å². The maximum Gasteiger partial charge on any atom is 0.234 e. The molecule has 4 atom stereocenters. The standard InChI is InChI=1S/C28H20Br3NO6S/c1-38-19-8-15(23(30)24(31)26(19)35)20-12-4-5-13-21(28(37)32(27(13)36)10-11-3-2-6-39-11)14(12)7-16-22(20)18(33)9-17(29)25(16)34/h2-4,6,8-9,13-14,20-21,35H,5,7,10H2,1H3. The van der Waals surface area contributed by atoms with Crippen molar-refractivity contribution in [1.82, 2.24) is 4.90 Å². The molecule has 1 saturated heterocycles. The highest BCUT2D eigenvalue weighted by molar-refractivity contribution is 9.13. The summed E-state index contributed by atoms with van der Waals surface area (Å²) in [5, 5.41) is 12.5. The lowest BCUT2D eigenvalue weighted by molar-refractivity contribution is -0.140. The van der Waals surface area contributed by atoms with E-state index in [1.807, 2.05) is 23.6 Å². The second-order valence-corrected chi connectivity index (χ2v) is 13.4. The minimum absolute atomic E-state index is 0.109. The largest absolute Gasteiger partial charge is 0.503 e. The van der Waals surface area contributed by atoms with Crippen LogP contribution in [0.25, 0.3) is 0 Å². The number of halogens is 3. The molecule has 2 amide bonds. The van der Waals surface area contributed by atoms with E-state index in [0.29, 0.717) is 32.1 Å². The predicted molar refractivity (Wildman–Crippen MR) is 155 cm³/mol. The molecule has 1 aromatic heterocycles. The molecule has 3 aliphatic carbocycles. The molecule has 0 radical (unpaired) electrons. The number of fused-ring (bicyclic) bond motifs is 3. The number of phenols is 1. The Morgan fingerprint density at radius 3 is 2.56 bits per heavy atom.